The highest BCUT2D eigenvalue weighted by Gasteiger charge is 2.67. The van der Waals surface area contributed by atoms with Crippen LogP contribution in [0.15, 0.2) is 5.57 Å². The fourth-order valence-corrected chi connectivity index (χ4v) is 3.65. The first-order valence-corrected chi connectivity index (χ1v) is 7.00. The molecule has 0 amide bonds. The van der Waals surface area contributed by atoms with E-state index >= 15 is 0 Å². The smallest absolute Gasteiger partial charge is 0.208 e. The molecule has 1 aliphatic heterocycles. The molecule has 0 aromatic carbocycles. The lowest BCUT2D eigenvalue weighted by molar-refractivity contribution is -0.183. The number of carbonyl (C=O) groups is 1. The monoisotopic (exact) mass is 249 g/mol. The first-order chi connectivity index (χ1) is 8.66. The molecule has 1 heterocycles. The van der Waals surface area contributed by atoms with Crippen LogP contribution in [-0.2, 0) is 14.3 Å². The summed E-state index contributed by atoms with van der Waals surface area (Å²) in [6, 6.07) is 0. The molecule has 0 radical (unpaired) electrons. The normalized spacial score (nSPS) is 46.8. The summed E-state index contributed by atoms with van der Waals surface area (Å²) in [5.41, 5.74) is 0.719. The van der Waals surface area contributed by atoms with Gasteiger partial charge in [0.15, 0.2) is 11.9 Å². The maximum atomic E-state index is 10.8. The Hall–Kier alpha value is -0.760. The average molecular weight is 249 g/mol. The van der Waals surface area contributed by atoms with Gasteiger partial charge in [-0.3, -0.25) is 0 Å². The van der Waals surface area contributed by atoms with Gasteiger partial charge in [0.1, 0.15) is 12.4 Å². The fraction of sp³-hybridized carbons (Fsp3) is 0.800. The lowest BCUT2D eigenvalue weighted by atomic mass is 9.78. The summed E-state index contributed by atoms with van der Waals surface area (Å²) in [5.74, 6) is 1.05. The highest BCUT2D eigenvalue weighted by molar-refractivity contribution is 5.54. The Kier molecular flexibility index (Phi) is 3.01. The molecule has 3 heteroatoms. The second kappa shape index (κ2) is 4.41. The quantitative estimate of drug-likeness (QED) is 0.567. The van der Waals surface area contributed by atoms with Crippen LogP contribution in [0.1, 0.15) is 39.0 Å². The second-order valence-corrected chi connectivity index (χ2v) is 6.10. The van der Waals surface area contributed by atoms with E-state index in [1.54, 1.807) is 0 Å². The van der Waals surface area contributed by atoms with Crippen LogP contribution in [-0.4, -0.2) is 25.3 Å². The van der Waals surface area contributed by atoms with Crippen molar-refractivity contribution >= 4 is 6.29 Å². The van der Waals surface area contributed by atoms with Crippen LogP contribution < -0.4 is 0 Å². The third-order valence-corrected chi connectivity index (χ3v) is 4.96. The molecule has 2 aliphatic carbocycles. The minimum absolute atomic E-state index is 0.00282. The summed E-state index contributed by atoms with van der Waals surface area (Å²) in [6.07, 6.45) is 5.81. The van der Waals surface area contributed by atoms with Gasteiger partial charge >= 0.3 is 0 Å². The van der Waals surface area contributed by atoms with Gasteiger partial charge in [-0.2, -0.15) is 0 Å². The largest absolute Gasteiger partial charge is 0.353 e. The molecule has 3 nitrogen and oxygen atoms in total. The Bertz CT molecular complexity index is 359. The third-order valence-electron chi connectivity index (χ3n) is 4.96. The summed E-state index contributed by atoms with van der Waals surface area (Å²) >= 11 is 0. The number of ether oxygens (including phenoxy) is 2. The molecule has 3 fully saturated rings. The van der Waals surface area contributed by atoms with Gasteiger partial charge in [0.2, 0.25) is 6.58 Å². The van der Waals surface area contributed by atoms with Gasteiger partial charge < -0.3 is 14.3 Å². The van der Waals surface area contributed by atoms with E-state index in [9.17, 15) is 4.79 Å². The lowest BCUT2D eigenvalue weighted by Gasteiger charge is -2.27. The molecular weight excluding hydrogens is 228 g/mol. The first-order valence-electron chi connectivity index (χ1n) is 7.00. The Labute approximate surface area is 109 Å². The Morgan fingerprint density at radius 3 is 3.06 bits per heavy atom. The van der Waals surface area contributed by atoms with Crippen molar-refractivity contribution in [3.8, 4) is 0 Å². The van der Waals surface area contributed by atoms with Gasteiger partial charge in [-0.15, -0.1) is 0 Å². The van der Waals surface area contributed by atoms with E-state index in [0.29, 0.717) is 18.3 Å². The molecule has 3 aliphatic rings. The van der Waals surface area contributed by atoms with E-state index in [1.165, 1.54) is 0 Å². The molecule has 2 saturated carbocycles. The summed E-state index contributed by atoms with van der Waals surface area (Å²) in [4.78, 5) is 10.8. The van der Waals surface area contributed by atoms with E-state index in [4.69, 9.17) is 16.1 Å². The summed E-state index contributed by atoms with van der Waals surface area (Å²) in [7, 11) is 0. The minimum Gasteiger partial charge on any atom is -0.353 e. The number of rotatable bonds is 4. The zero-order valence-corrected chi connectivity index (χ0v) is 10.9. The molecule has 18 heavy (non-hydrogen) atoms. The highest BCUT2D eigenvalue weighted by Crippen LogP contribution is 2.66. The molecule has 5 atom stereocenters. The molecule has 0 N–H and O–H groups in total. The van der Waals surface area contributed by atoms with Crippen molar-refractivity contribution in [1.82, 2.24) is 0 Å². The van der Waals surface area contributed by atoms with E-state index in [2.05, 4.69) is 6.92 Å². The lowest BCUT2D eigenvalue weighted by Crippen LogP contribution is -2.31. The molecular formula is C15H21O3+. The number of carbonyl (C=O) groups excluding carboxylic acids is 1. The topological polar surface area (TPSA) is 35.5 Å². The highest BCUT2D eigenvalue weighted by atomic mass is 16.7. The SMILES string of the molecule is [CH+]=C1C(OC2CCCCO2)[C@H]2C[C@H]2[C@@]1(C)CC=O. The summed E-state index contributed by atoms with van der Waals surface area (Å²) < 4.78 is 11.7. The maximum Gasteiger partial charge on any atom is 0.208 e. The zero-order valence-electron chi connectivity index (χ0n) is 10.9. The predicted octanol–water partition coefficient (Wildman–Crippen LogP) is 2.50. The molecule has 0 aromatic heterocycles. The first kappa shape index (κ1) is 12.3. The Morgan fingerprint density at radius 1 is 1.56 bits per heavy atom. The number of hydrogen-bond acceptors (Lipinski definition) is 3. The molecule has 0 bridgehead atoms. The minimum atomic E-state index is -0.147. The van der Waals surface area contributed by atoms with Crippen molar-refractivity contribution in [3.63, 3.8) is 0 Å². The van der Waals surface area contributed by atoms with Gasteiger partial charge in [-0.25, -0.2) is 0 Å². The fourth-order valence-electron chi connectivity index (χ4n) is 3.65. The number of aldehydes is 1. The van der Waals surface area contributed by atoms with Gasteiger partial charge in [-0.1, -0.05) is 6.92 Å². The van der Waals surface area contributed by atoms with Crippen LogP contribution in [0.5, 0.6) is 0 Å². The van der Waals surface area contributed by atoms with Gasteiger partial charge in [0.25, 0.3) is 0 Å². The van der Waals surface area contributed by atoms with E-state index in [-0.39, 0.29) is 17.8 Å². The number of hydrogen-bond donors (Lipinski definition) is 0. The van der Waals surface area contributed by atoms with Crippen LogP contribution in [0.2, 0.25) is 0 Å². The molecule has 2 unspecified atom stereocenters. The van der Waals surface area contributed by atoms with Gasteiger partial charge in [-0.05, 0) is 37.5 Å². The van der Waals surface area contributed by atoms with Crippen LogP contribution in [0.3, 0.4) is 0 Å². The third kappa shape index (κ3) is 1.82. The van der Waals surface area contributed by atoms with Gasteiger partial charge in [0.05, 0.1) is 5.41 Å². The summed E-state index contributed by atoms with van der Waals surface area (Å²) in [5, 5.41) is 0. The zero-order chi connectivity index (χ0) is 12.8. The maximum absolute atomic E-state index is 10.8. The van der Waals surface area contributed by atoms with Crippen molar-refractivity contribution in [2.24, 2.45) is 17.3 Å². The Balaban J connectivity index is 1.67. The number of fused-ring (bicyclic) bond motifs is 1. The van der Waals surface area contributed by atoms with E-state index < -0.39 is 0 Å². The van der Waals surface area contributed by atoms with Crippen molar-refractivity contribution < 1.29 is 14.3 Å². The van der Waals surface area contributed by atoms with Crippen molar-refractivity contribution in [2.45, 2.75) is 51.4 Å². The predicted molar refractivity (Wildman–Crippen MR) is 66.7 cm³/mol. The van der Waals surface area contributed by atoms with Crippen molar-refractivity contribution in [3.05, 3.63) is 12.2 Å². The Morgan fingerprint density at radius 2 is 2.39 bits per heavy atom. The van der Waals surface area contributed by atoms with E-state index in [0.717, 1.165) is 44.1 Å². The molecule has 0 spiro atoms. The standard InChI is InChI=1S/C15H21O3/c1-10-14(18-13-5-3-4-8-17-13)11-9-12(11)15(10,2)6-7-16/h1,7,11-14H,3-6,8-9H2,2H3/q+1/t11-,12+,13?,14?,15-/m0/s1. The molecule has 3 rings (SSSR count). The van der Waals surface area contributed by atoms with Crippen LogP contribution in [0, 0.1) is 23.8 Å². The summed E-state index contributed by atoms with van der Waals surface area (Å²) in [6.45, 7) is 9.15. The molecule has 0 aromatic rings. The van der Waals surface area contributed by atoms with Gasteiger partial charge in [0, 0.05) is 13.0 Å². The molecule has 1 saturated heterocycles. The van der Waals surface area contributed by atoms with Crippen molar-refractivity contribution in [2.75, 3.05) is 6.61 Å². The van der Waals surface area contributed by atoms with Crippen LogP contribution in [0.4, 0.5) is 0 Å². The molecule has 98 valence electrons. The van der Waals surface area contributed by atoms with Crippen LogP contribution in [0.25, 0.3) is 0 Å². The van der Waals surface area contributed by atoms with Crippen molar-refractivity contribution in [1.29, 1.82) is 0 Å². The van der Waals surface area contributed by atoms with E-state index in [1.807, 2.05) is 0 Å². The van der Waals surface area contributed by atoms with Crippen LogP contribution >= 0.6 is 0 Å². The second-order valence-electron chi connectivity index (χ2n) is 6.10. The average Bonchev–Trinajstić information content (AvgIpc) is 3.13.